The van der Waals surface area contributed by atoms with Crippen molar-refractivity contribution < 1.29 is 0 Å². The molecule has 1 heterocycles. The third-order valence-electron chi connectivity index (χ3n) is 3.26. The van der Waals surface area contributed by atoms with Crippen LogP contribution < -0.4 is 5.73 Å². The topological polar surface area (TPSA) is 43.8 Å². The number of hydrogen-bond acceptors (Lipinski definition) is 2. The van der Waals surface area contributed by atoms with Gasteiger partial charge in [-0.3, -0.25) is 0 Å². The minimum atomic E-state index is 0.464. The molecule has 0 amide bonds. The maximum Gasteiger partial charge on any atom is 0.123 e. The third-order valence-corrected chi connectivity index (χ3v) is 3.26. The van der Waals surface area contributed by atoms with Crippen molar-refractivity contribution in [1.82, 2.24) is 9.55 Å². The summed E-state index contributed by atoms with van der Waals surface area (Å²) < 4.78 is 2.06. The Morgan fingerprint density at radius 1 is 1.06 bits per heavy atom. The quantitative estimate of drug-likeness (QED) is 0.744. The van der Waals surface area contributed by atoms with Crippen molar-refractivity contribution in [2.45, 2.75) is 6.54 Å². The molecule has 0 aliphatic carbocycles. The molecule has 3 heteroatoms. The van der Waals surface area contributed by atoms with Gasteiger partial charge in [0.15, 0.2) is 0 Å². The summed E-state index contributed by atoms with van der Waals surface area (Å²) in [6.07, 6.45) is 0. The van der Waals surface area contributed by atoms with Gasteiger partial charge in [-0.15, -0.1) is 0 Å². The highest BCUT2D eigenvalue weighted by molar-refractivity contribution is 5.82. The number of rotatable bonds is 2. The lowest BCUT2D eigenvalue weighted by molar-refractivity contribution is 0.813. The van der Waals surface area contributed by atoms with Gasteiger partial charge in [-0.25, -0.2) is 4.98 Å². The first kappa shape index (κ1) is 11.0. The van der Waals surface area contributed by atoms with Crippen LogP contribution in [-0.4, -0.2) is 9.55 Å². The summed E-state index contributed by atoms with van der Waals surface area (Å²) >= 11 is 0. The summed E-state index contributed by atoms with van der Waals surface area (Å²) in [5.41, 5.74) is 10.2. The highest BCUT2D eigenvalue weighted by Gasteiger charge is 2.07. The molecule has 90 valence electrons. The molecule has 0 aliphatic rings. The minimum absolute atomic E-state index is 0.464. The Balaban J connectivity index is 2.19. The van der Waals surface area contributed by atoms with Crippen LogP contribution in [0.2, 0.25) is 0 Å². The second-order valence-electron chi connectivity index (χ2n) is 4.36. The van der Waals surface area contributed by atoms with E-state index in [4.69, 9.17) is 5.73 Å². The van der Waals surface area contributed by atoms with E-state index in [9.17, 15) is 0 Å². The number of benzene rings is 2. The summed E-state index contributed by atoms with van der Waals surface area (Å²) in [7, 11) is 2.01. The van der Waals surface area contributed by atoms with E-state index in [2.05, 4.69) is 39.9 Å². The van der Waals surface area contributed by atoms with Crippen LogP contribution in [0.4, 0.5) is 0 Å². The number of nitrogens with zero attached hydrogens (tertiary/aromatic N) is 2. The molecule has 3 rings (SSSR count). The first-order valence-electron chi connectivity index (χ1n) is 6.00. The predicted molar refractivity (Wildman–Crippen MR) is 74.0 cm³/mol. The van der Waals surface area contributed by atoms with E-state index in [-0.39, 0.29) is 0 Å². The van der Waals surface area contributed by atoms with Gasteiger partial charge in [-0.2, -0.15) is 0 Å². The Hall–Kier alpha value is -2.13. The van der Waals surface area contributed by atoms with Gasteiger partial charge >= 0.3 is 0 Å². The number of aryl methyl sites for hydroxylation is 1. The van der Waals surface area contributed by atoms with E-state index in [1.807, 2.05) is 25.2 Å². The number of hydrogen-bond donors (Lipinski definition) is 1. The Bertz CT molecular complexity index is 684. The normalized spacial score (nSPS) is 11.0. The number of imidazole rings is 1. The Kier molecular flexibility index (Phi) is 2.61. The van der Waals surface area contributed by atoms with E-state index in [1.165, 1.54) is 11.1 Å². The van der Waals surface area contributed by atoms with E-state index < -0.39 is 0 Å². The second-order valence-corrected chi connectivity index (χ2v) is 4.36. The fourth-order valence-corrected chi connectivity index (χ4v) is 2.23. The standard InChI is InChI=1S/C15H15N3/c1-18-14-9-12(11-5-3-2-4-6-11)7-8-13(14)17-15(18)10-16/h2-9H,10,16H2,1H3. The molecule has 0 saturated carbocycles. The summed E-state index contributed by atoms with van der Waals surface area (Å²) in [5, 5.41) is 0. The van der Waals surface area contributed by atoms with Gasteiger partial charge in [0.1, 0.15) is 5.82 Å². The Morgan fingerprint density at radius 2 is 1.83 bits per heavy atom. The molecular formula is C15H15N3. The lowest BCUT2D eigenvalue weighted by atomic mass is 10.1. The van der Waals surface area contributed by atoms with Crippen LogP contribution in [0.1, 0.15) is 5.82 Å². The molecule has 0 radical (unpaired) electrons. The van der Waals surface area contributed by atoms with Crippen molar-refractivity contribution in [3.8, 4) is 11.1 Å². The molecule has 0 aliphatic heterocycles. The molecule has 18 heavy (non-hydrogen) atoms. The zero-order chi connectivity index (χ0) is 12.5. The third kappa shape index (κ3) is 1.69. The molecule has 0 bridgehead atoms. The summed E-state index contributed by atoms with van der Waals surface area (Å²) in [6, 6.07) is 16.7. The molecule has 1 aromatic heterocycles. The van der Waals surface area contributed by atoms with Crippen molar-refractivity contribution >= 4 is 11.0 Å². The van der Waals surface area contributed by atoms with E-state index in [0.717, 1.165) is 16.9 Å². The monoisotopic (exact) mass is 237 g/mol. The van der Waals surface area contributed by atoms with Gasteiger partial charge in [-0.05, 0) is 23.3 Å². The second kappa shape index (κ2) is 4.27. The molecule has 0 spiro atoms. The lowest BCUT2D eigenvalue weighted by Gasteiger charge is -2.03. The van der Waals surface area contributed by atoms with Crippen molar-refractivity contribution in [2.24, 2.45) is 12.8 Å². The van der Waals surface area contributed by atoms with Crippen molar-refractivity contribution in [3.05, 3.63) is 54.4 Å². The first-order valence-corrected chi connectivity index (χ1v) is 6.00. The molecule has 0 saturated heterocycles. The fourth-order valence-electron chi connectivity index (χ4n) is 2.23. The molecule has 3 nitrogen and oxygen atoms in total. The molecule has 2 aromatic carbocycles. The lowest BCUT2D eigenvalue weighted by Crippen LogP contribution is -2.04. The van der Waals surface area contributed by atoms with Gasteiger partial charge in [0.25, 0.3) is 0 Å². The van der Waals surface area contributed by atoms with E-state index in [0.29, 0.717) is 6.54 Å². The van der Waals surface area contributed by atoms with Crippen LogP contribution in [0, 0.1) is 0 Å². The zero-order valence-electron chi connectivity index (χ0n) is 10.3. The van der Waals surface area contributed by atoms with Crippen molar-refractivity contribution in [1.29, 1.82) is 0 Å². The van der Waals surface area contributed by atoms with Crippen LogP contribution in [0.5, 0.6) is 0 Å². The van der Waals surface area contributed by atoms with E-state index >= 15 is 0 Å². The fraction of sp³-hybridized carbons (Fsp3) is 0.133. The molecule has 0 unspecified atom stereocenters. The van der Waals surface area contributed by atoms with Crippen molar-refractivity contribution in [3.63, 3.8) is 0 Å². The number of aromatic nitrogens is 2. The van der Waals surface area contributed by atoms with Gasteiger partial charge in [0, 0.05) is 7.05 Å². The Labute approximate surface area is 106 Å². The number of fused-ring (bicyclic) bond motifs is 1. The Morgan fingerprint density at radius 3 is 2.56 bits per heavy atom. The molecule has 0 fully saturated rings. The van der Waals surface area contributed by atoms with E-state index in [1.54, 1.807) is 0 Å². The van der Waals surface area contributed by atoms with Crippen molar-refractivity contribution in [2.75, 3.05) is 0 Å². The zero-order valence-corrected chi connectivity index (χ0v) is 10.3. The largest absolute Gasteiger partial charge is 0.330 e. The highest BCUT2D eigenvalue weighted by atomic mass is 15.1. The minimum Gasteiger partial charge on any atom is -0.330 e. The summed E-state index contributed by atoms with van der Waals surface area (Å²) in [4.78, 5) is 4.50. The van der Waals surface area contributed by atoms with Gasteiger partial charge in [0.05, 0.1) is 17.6 Å². The molecule has 0 atom stereocenters. The maximum absolute atomic E-state index is 5.68. The van der Waals surface area contributed by atoms with Crippen LogP contribution >= 0.6 is 0 Å². The summed E-state index contributed by atoms with van der Waals surface area (Å²) in [6.45, 7) is 0.464. The highest BCUT2D eigenvalue weighted by Crippen LogP contribution is 2.24. The van der Waals surface area contributed by atoms with Gasteiger partial charge in [-0.1, -0.05) is 36.4 Å². The number of nitrogens with two attached hydrogens (primary N) is 1. The smallest absolute Gasteiger partial charge is 0.123 e. The van der Waals surface area contributed by atoms with Crippen LogP contribution in [0.3, 0.4) is 0 Å². The van der Waals surface area contributed by atoms with Crippen LogP contribution in [0.25, 0.3) is 22.2 Å². The average Bonchev–Trinajstić information content (AvgIpc) is 2.76. The van der Waals surface area contributed by atoms with Gasteiger partial charge in [0.2, 0.25) is 0 Å². The molecule has 3 aromatic rings. The SMILES string of the molecule is Cn1c(CN)nc2ccc(-c3ccccc3)cc21. The summed E-state index contributed by atoms with van der Waals surface area (Å²) in [5.74, 6) is 0.912. The predicted octanol–water partition coefficient (Wildman–Crippen LogP) is 2.70. The molecule has 2 N–H and O–H groups in total. The average molecular weight is 237 g/mol. The van der Waals surface area contributed by atoms with Gasteiger partial charge < -0.3 is 10.3 Å². The maximum atomic E-state index is 5.68. The van der Waals surface area contributed by atoms with Crippen LogP contribution in [0.15, 0.2) is 48.5 Å². The first-order chi connectivity index (χ1) is 8.79. The van der Waals surface area contributed by atoms with Crippen LogP contribution in [-0.2, 0) is 13.6 Å². The molecular weight excluding hydrogens is 222 g/mol.